The summed E-state index contributed by atoms with van der Waals surface area (Å²) in [6.07, 6.45) is 1.68. The van der Waals surface area contributed by atoms with E-state index in [1.807, 2.05) is 48.5 Å². The molecule has 1 heterocycles. The normalized spacial score (nSPS) is 11.4. The van der Waals surface area contributed by atoms with E-state index in [2.05, 4.69) is 14.6 Å². The van der Waals surface area contributed by atoms with Crippen LogP contribution < -0.4 is 4.72 Å². The Kier molecular flexibility index (Phi) is 10.4. The fraction of sp³-hybridized carbons (Fsp3) is 0.118. The Bertz CT molecular complexity index is 1790. The highest BCUT2D eigenvalue weighted by atomic mass is 35.5. The van der Waals surface area contributed by atoms with Crippen LogP contribution in [0.2, 0.25) is 5.02 Å². The van der Waals surface area contributed by atoms with Gasteiger partial charge in [-0.15, -0.1) is 11.8 Å². The summed E-state index contributed by atoms with van der Waals surface area (Å²) in [6, 6.07) is 33.0. The van der Waals surface area contributed by atoms with Crippen molar-refractivity contribution in [3.05, 3.63) is 149 Å². The number of rotatable bonds is 12. The Morgan fingerprint density at radius 1 is 0.841 bits per heavy atom. The fourth-order valence-electron chi connectivity index (χ4n) is 4.53. The van der Waals surface area contributed by atoms with Crippen LogP contribution in [0.5, 0.6) is 0 Å². The Balaban J connectivity index is 1.25. The second-order valence-corrected chi connectivity index (χ2v) is 13.2. The number of sulfonamides is 1. The number of nitrogens with one attached hydrogen (secondary N) is 1. The fourth-order valence-corrected chi connectivity index (χ4v) is 6.66. The van der Waals surface area contributed by atoms with Crippen LogP contribution in [0.3, 0.4) is 0 Å². The summed E-state index contributed by atoms with van der Waals surface area (Å²) in [5.74, 6) is -0.343. The Morgan fingerprint density at radius 3 is 2.25 bits per heavy atom. The molecule has 1 amide bonds. The zero-order valence-electron chi connectivity index (χ0n) is 23.6. The predicted molar refractivity (Wildman–Crippen MR) is 173 cm³/mol. The van der Waals surface area contributed by atoms with Gasteiger partial charge in [0.2, 0.25) is 0 Å². The molecule has 0 spiro atoms. The molecule has 0 bridgehead atoms. The van der Waals surface area contributed by atoms with Crippen LogP contribution in [0.25, 0.3) is 11.3 Å². The number of aromatic nitrogens is 1. The van der Waals surface area contributed by atoms with E-state index < -0.39 is 15.9 Å². The molecule has 0 aliphatic rings. The number of carbonyl (C=O) groups excluding carboxylic acids is 1. The third-order valence-electron chi connectivity index (χ3n) is 6.84. The number of nitrogens with zero attached hydrogens (tertiary/aromatic N) is 2. The highest BCUT2D eigenvalue weighted by Gasteiger charge is 2.20. The van der Waals surface area contributed by atoms with Crippen molar-refractivity contribution in [2.75, 3.05) is 12.3 Å². The molecule has 0 fully saturated rings. The van der Waals surface area contributed by atoms with Crippen molar-refractivity contribution in [2.45, 2.75) is 22.9 Å². The van der Waals surface area contributed by atoms with Gasteiger partial charge in [-0.1, -0.05) is 66.2 Å². The van der Waals surface area contributed by atoms with Crippen LogP contribution in [0, 0.1) is 5.82 Å². The van der Waals surface area contributed by atoms with Crippen molar-refractivity contribution in [2.24, 2.45) is 0 Å². The van der Waals surface area contributed by atoms with Gasteiger partial charge in [0, 0.05) is 58.2 Å². The number of hydrogen-bond donors (Lipinski definition) is 1. The van der Waals surface area contributed by atoms with Gasteiger partial charge < -0.3 is 0 Å². The molecule has 10 heteroatoms. The highest BCUT2D eigenvalue weighted by molar-refractivity contribution is 7.99. The van der Waals surface area contributed by atoms with E-state index in [1.54, 1.807) is 66.5 Å². The molecule has 224 valence electrons. The van der Waals surface area contributed by atoms with Crippen LogP contribution in [0.1, 0.15) is 21.5 Å². The summed E-state index contributed by atoms with van der Waals surface area (Å²) in [5.41, 5.74) is 3.01. The number of hydrogen-bond acceptors (Lipinski definition) is 6. The summed E-state index contributed by atoms with van der Waals surface area (Å²) in [6.45, 7) is 1.37. The second kappa shape index (κ2) is 14.6. The summed E-state index contributed by atoms with van der Waals surface area (Å²) in [7, 11) is -4.12. The molecule has 4 aromatic carbocycles. The Morgan fingerprint density at radius 2 is 1.57 bits per heavy atom. The van der Waals surface area contributed by atoms with E-state index in [9.17, 15) is 17.6 Å². The average Bonchev–Trinajstić information content (AvgIpc) is 3.04. The maximum absolute atomic E-state index is 14.6. The van der Waals surface area contributed by atoms with Crippen molar-refractivity contribution in [3.63, 3.8) is 0 Å². The Hall–Kier alpha value is -4.02. The molecular weight excluding hydrogens is 617 g/mol. The minimum absolute atomic E-state index is 0.0389. The lowest BCUT2D eigenvalue weighted by Crippen LogP contribution is -2.30. The highest BCUT2D eigenvalue weighted by Crippen LogP contribution is 2.24. The van der Waals surface area contributed by atoms with Crippen LogP contribution >= 0.6 is 23.4 Å². The molecule has 0 atom stereocenters. The average molecular weight is 646 g/mol. The molecular formula is C34H29ClFN3O3S2. The van der Waals surface area contributed by atoms with Gasteiger partial charge in [-0.2, -0.15) is 0 Å². The molecule has 44 heavy (non-hydrogen) atoms. The van der Waals surface area contributed by atoms with E-state index >= 15 is 0 Å². The van der Waals surface area contributed by atoms with Crippen LogP contribution in [0.4, 0.5) is 4.39 Å². The molecule has 0 aliphatic carbocycles. The summed E-state index contributed by atoms with van der Waals surface area (Å²) >= 11 is 8.02. The summed E-state index contributed by atoms with van der Waals surface area (Å²) in [4.78, 5) is 20.2. The van der Waals surface area contributed by atoms with Crippen molar-refractivity contribution in [3.8, 4) is 11.3 Å². The molecule has 1 N–H and O–H groups in total. The number of pyridine rings is 1. The van der Waals surface area contributed by atoms with Crippen molar-refractivity contribution < 1.29 is 17.6 Å². The lowest BCUT2D eigenvalue weighted by molar-refractivity contribution is 0.0981. The third kappa shape index (κ3) is 8.33. The standard InChI is InChI=1S/C34H29ClFN3O3S2/c35-31-9-6-10-32(36)30(31)24-39(21-22-43-28-7-2-1-3-8-28)23-25-12-18-29(19-13-25)44(41,42)38-34(40)27-16-14-26(15-17-27)33-11-4-5-20-37-33/h1-20H,21-24H2,(H,38,40). The first-order valence-corrected chi connectivity index (χ1v) is 16.6. The predicted octanol–water partition coefficient (Wildman–Crippen LogP) is 7.45. The van der Waals surface area contributed by atoms with Gasteiger partial charge in [0.15, 0.2) is 0 Å². The number of benzene rings is 4. The molecule has 0 saturated carbocycles. The van der Waals surface area contributed by atoms with Gasteiger partial charge in [-0.05, 0) is 66.2 Å². The molecule has 0 saturated heterocycles. The molecule has 5 aromatic rings. The Labute approximate surface area is 266 Å². The smallest absolute Gasteiger partial charge is 0.264 e. The number of halogens is 2. The lowest BCUT2D eigenvalue weighted by atomic mass is 10.1. The summed E-state index contributed by atoms with van der Waals surface area (Å²) in [5, 5.41) is 0.356. The van der Waals surface area contributed by atoms with E-state index in [-0.39, 0.29) is 22.8 Å². The monoisotopic (exact) mass is 645 g/mol. The topological polar surface area (TPSA) is 79.4 Å². The van der Waals surface area contributed by atoms with Crippen molar-refractivity contribution in [1.29, 1.82) is 0 Å². The van der Waals surface area contributed by atoms with Crippen LogP contribution in [-0.2, 0) is 23.1 Å². The van der Waals surface area contributed by atoms with Gasteiger partial charge >= 0.3 is 0 Å². The summed E-state index contributed by atoms with van der Waals surface area (Å²) < 4.78 is 42.8. The number of thioether (sulfide) groups is 1. The quantitative estimate of drug-likeness (QED) is 0.142. The van der Waals surface area contributed by atoms with Crippen molar-refractivity contribution in [1.82, 2.24) is 14.6 Å². The van der Waals surface area contributed by atoms with Crippen LogP contribution in [0.15, 0.2) is 131 Å². The van der Waals surface area contributed by atoms with Crippen molar-refractivity contribution >= 4 is 39.3 Å². The van der Waals surface area contributed by atoms with E-state index in [0.717, 1.165) is 27.5 Å². The van der Waals surface area contributed by atoms with Gasteiger partial charge in [0.25, 0.3) is 15.9 Å². The zero-order valence-corrected chi connectivity index (χ0v) is 26.0. The third-order valence-corrected chi connectivity index (χ3v) is 9.53. The molecule has 0 unspecified atom stereocenters. The van der Waals surface area contributed by atoms with Gasteiger partial charge in [0.05, 0.1) is 10.6 Å². The molecule has 0 radical (unpaired) electrons. The molecule has 5 rings (SSSR count). The first-order chi connectivity index (χ1) is 21.3. The minimum atomic E-state index is -4.12. The largest absolute Gasteiger partial charge is 0.294 e. The van der Waals surface area contributed by atoms with Gasteiger partial charge in [-0.25, -0.2) is 17.5 Å². The second-order valence-electron chi connectivity index (χ2n) is 9.94. The minimum Gasteiger partial charge on any atom is -0.294 e. The molecule has 1 aromatic heterocycles. The maximum atomic E-state index is 14.6. The zero-order chi connectivity index (χ0) is 30.9. The number of amides is 1. The number of carbonyl (C=O) groups is 1. The van der Waals surface area contributed by atoms with Gasteiger partial charge in [0.1, 0.15) is 5.82 Å². The lowest BCUT2D eigenvalue weighted by Gasteiger charge is -2.23. The van der Waals surface area contributed by atoms with E-state index in [1.165, 1.54) is 18.2 Å². The van der Waals surface area contributed by atoms with E-state index in [4.69, 9.17) is 11.6 Å². The van der Waals surface area contributed by atoms with Gasteiger partial charge in [-0.3, -0.25) is 14.7 Å². The SMILES string of the molecule is O=C(NS(=O)(=O)c1ccc(CN(CCSc2ccccc2)Cc2c(F)cccc2Cl)cc1)c1ccc(-c2ccccn2)cc1. The first kappa shape index (κ1) is 31.4. The van der Waals surface area contributed by atoms with Crippen LogP contribution in [-0.4, -0.2) is 36.5 Å². The van der Waals surface area contributed by atoms with E-state index in [0.29, 0.717) is 23.7 Å². The molecule has 0 aliphatic heterocycles. The molecule has 6 nitrogen and oxygen atoms in total. The maximum Gasteiger partial charge on any atom is 0.264 e. The first-order valence-electron chi connectivity index (χ1n) is 13.8.